The van der Waals surface area contributed by atoms with Crippen molar-refractivity contribution in [2.75, 3.05) is 33.4 Å². The van der Waals surface area contributed by atoms with Crippen LogP contribution in [0.25, 0.3) is 11.1 Å². The fourth-order valence-electron chi connectivity index (χ4n) is 6.96. The highest BCUT2D eigenvalue weighted by Crippen LogP contribution is 2.49. The van der Waals surface area contributed by atoms with E-state index < -0.39 is 11.9 Å². The first-order chi connectivity index (χ1) is 20.4. The van der Waals surface area contributed by atoms with Crippen LogP contribution in [0, 0.1) is 0 Å². The second-order valence-corrected chi connectivity index (χ2v) is 11.9. The molecule has 4 aliphatic heterocycles. The zero-order chi connectivity index (χ0) is 28.8. The number of hydrogen-bond acceptors (Lipinski definition) is 7. The molecule has 3 amide bonds. The van der Waals surface area contributed by atoms with Gasteiger partial charge in [-0.2, -0.15) is 5.10 Å². The van der Waals surface area contributed by atoms with Crippen molar-refractivity contribution in [1.82, 2.24) is 24.9 Å². The molecule has 0 saturated carbocycles. The maximum absolute atomic E-state index is 13.3. The number of hydrogen-bond donors (Lipinski definition) is 1. The fraction of sp³-hybridized carbons (Fsp3) is 0.438. The number of methoxy groups -OCH3 is 1. The van der Waals surface area contributed by atoms with Gasteiger partial charge in [0.2, 0.25) is 11.8 Å². The summed E-state index contributed by atoms with van der Waals surface area (Å²) in [5.74, 6) is -0.0121. The highest BCUT2D eigenvalue weighted by molar-refractivity contribution is 6.05. The lowest BCUT2D eigenvalue weighted by Crippen LogP contribution is -2.52. The molecule has 7 rings (SSSR count). The summed E-state index contributed by atoms with van der Waals surface area (Å²) >= 11 is 0. The average molecular weight is 570 g/mol. The Morgan fingerprint density at radius 2 is 1.98 bits per heavy atom. The number of nitrogens with one attached hydrogen (secondary N) is 1. The molecule has 0 radical (unpaired) electrons. The number of carbonyl (C=O) groups is 3. The van der Waals surface area contributed by atoms with Crippen LogP contribution in [-0.2, 0) is 39.4 Å². The molecule has 5 heterocycles. The van der Waals surface area contributed by atoms with E-state index in [-0.39, 0.29) is 23.7 Å². The zero-order valence-corrected chi connectivity index (χ0v) is 23.8. The lowest BCUT2D eigenvalue weighted by molar-refractivity contribution is -0.136. The van der Waals surface area contributed by atoms with E-state index in [0.717, 1.165) is 61.5 Å². The summed E-state index contributed by atoms with van der Waals surface area (Å²) < 4.78 is 13.4. The zero-order valence-electron chi connectivity index (χ0n) is 23.8. The van der Waals surface area contributed by atoms with Gasteiger partial charge in [0.1, 0.15) is 11.8 Å². The predicted octanol–water partition coefficient (Wildman–Crippen LogP) is 2.88. The van der Waals surface area contributed by atoms with Gasteiger partial charge < -0.3 is 14.4 Å². The summed E-state index contributed by atoms with van der Waals surface area (Å²) in [6.45, 7) is 5.12. The van der Waals surface area contributed by atoms with Crippen molar-refractivity contribution < 1.29 is 23.9 Å². The molecule has 0 unspecified atom stereocenters. The monoisotopic (exact) mass is 569 g/mol. The minimum Gasteiger partial charge on any atom is -0.492 e. The van der Waals surface area contributed by atoms with Gasteiger partial charge in [-0.1, -0.05) is 24.3 Å². The first-order valence-corrected chi connectivity index (χ1v) is 14.7. The molecule has 1 aromatic heterocycles. The molecule has 1 N–H and O–H groups in total. The van der Waals surface area contributed by atoms with E-state index in [4.69, 9.17) is 9.47 Å². The third-order valence-electron chi connectivity index (χ3n) is 9.37. The fourth-order valence-corrected chi connectivity index (χ4v) is 6.96. The van der Waals surface area contributed by atoms with Crippen LogP contribution in [0.4, 0.5) is 0 Å². The van der Waals surface area contributed by atoms with E-state index >= 15 is 0 Å². The molecule has 2 saturated heterocycles. The molecule has 10 nitrogen and oxygen atoms in total. The van der Waals surface area contributed by atoms with Gasteiger partial charge in [-0.25, -0.2) is 0 Å². The van der Waals surface area contributed by atoms with Crippen molar-refractivity contribution in [3.8, 4) is 16.9 Å². The molecule has 0 aliphatic carbocycles. The van der Waals surface area contributed by atoms with E-state index in [0.29, 0.717) is 31.7 Å². The van der Waals surface area contributed by atoms with E-state index in [2.05, 4.69) is 51.8 Å². The smallest absolute Gasteiger partial charge is 0.255 e. The molecular formula is C32H35N5O5. The Hall–Kier alpha value is -4.02. The molecule has 42 heavy (non-hydrogen) atoms. The van der Waals surface area contributed by atoms with Crippen molar-refractivity contribution in [2.24, 2.45) is 0 Å². The lowest BCUT2D eigenvalue weighted by Gasteiger charge is -2.38. The summed E-state index contributed by atoms with van der Waals surface area (Å²) in [6.07, 6.45) is 6.54. The highest BCUT2D eigenvalue weighted by Gasteiger charge is 2.47. The number of nitrogens with zero attached hydrogens (tertiary/aromatic N) is 4. The van der Waals surface area contributed by atoms with E-state index in [9.17, 15) is 14.4 Å². The SMILES string of the molecule is COCCn1cc(-c2cccc(CN3CCC4(CC3)COc3c4ccc4c3CN([C@H]3CCC(=O)NC3=O)C4=O)c2)cn1. The molecule has 1 atom stereocenters. The Morgan fingerprint density at radius 3 is 2.79 bits per heavy atom. The van der Waals surface area contributed by atoms with Crippen molar-refractivity contribution in [1.29, 1.82) is 0 Å². The van der Waals surface area contributed by atoms with E-state index in [1.165, 1.54) is 11.1 Å². The van der Waals surface area contributed by atoms with Crippen LogP contribution in [0.2, 0.25) is 0 Å². The summed E-state index contributed by atoms with van der Waals surface area (Å²) in [5.41, 5.74) is 6.16. The van der Waals surface area contributed by atoms with Gasteiger partial charge in [0, 0.05) is 53.9 Å². The molecule has 10 heteroatoms. The van der Waals surface area contributed by atoms with Crippen LogP contribution in [0.5, 0.6) is 5.75 Å². The minimum absolute atomic E-state index is 0.0649. The third-order valence-corrected chi connectivity index (χ3v) is 9.37. The molecule has 1 spiro atoms. The number of ether oxygens (including phenoxy) is 2. The van der Waals surface area contributed by atoms with Gasteiger partial charge in [-0.3, -0.25) is 29.3 Å². The lowest BCUT2D eigenvalue weighted by atomic mass is 9.74. The normalized spacial score (nSPS) is 21.4. The number of likely N-dealkylation sites (tertiary alicyclic amines) is 1. The summed E-state index contributed by atoms with van der Waals surface area (Å²) in [5, 5.41) is 6.83. The number of piperidine rings is 2. The molecule has 2 fully saturated rings. The number of amides is 3. The van der Waals surface area contributed by atoms with Crippen molar-refractivity contribution in [2.45, 2.75) is 56.8 Å². The Labute approximate surface area is 244 Å². The number of rotatable bonds is 7. The predicted molar refractivity (Wildman–Crippen MR) is 154 cm³/mol. The summed E-state index contributed by atoms with van der Waals surface area (Å²) in [7, 11) is 1.70. The van der Waals surface area contributed by atoms with Crippen molar-refractivity contribution >= 4 is 17.7 Å². The third kappa shape index (κ3) is 4.68. The Kier molecular flexibility index (Phi) is 6.82. The first-order valence-electron chi connectivity index (χ1n) is 14.7. The Bertz CT molecular complexity index is 1560. The number of fused-ring (bicyclic) bond motifs is 4. The molecule has 3 aromatic rings. The second kappa shape index (κ2) is 10.7. The van der Waals surface area contributed by atoms with E-state index in [1.54, 1.807) is 12.0 Å². The molecule has 0 bridgehead atoms. The summed E-state index contributed by atoms with van der Waals surface area (Å²) in [6, 6.07) is 12.0. The largest absolute Gasteiger partial charge is 0.492 e. The van der Waals surface area contributed by atoms with Gasteiger partial charge >= 0.3 is 0 Å². The van der Waals surface area contributed by atoms with Gasteiger partial charge in [0.25, 0.3) is 5.91 Å². The number of aromatic nitrogens is 2. The number of imide groups is 1. The maximum Gasteiger partial charge on any atom is 0.255 e. The van der Waals surface area contributed by atoms with Crippen molar-refractivity contribution in [3.05, 3.63) is 71.0 Å². The number of carbonyl (C=O) groups excluding carboxylic acids is 3. The van der Waals surface area contributed by atoms with Gasteiger partial charge in [-0.05, 0) is 55.6 Å². The average Bonchev–Trinajstić information content (AvgIpc) is 3.70. The van der Waals surface area contributed by atoms with Crippen LogP contribution >= 0.6 is 0 Å². The van der Waals surface area contributed by atoms with Gasteiger partial charge in [0.15, 0.2) is 0 Å². The van der Waals surface area contributed by atoms with Crippen LogP contribution in [0.1, 0.15) is 52.7 Å². The Balaban J connectivity index is 1.02. The van der Waals surface area contributed by atoms with Crippen LogP contribution < -0.4 is 10.1 Å². The number of benzene rings is 2. The van der Waals surface area contributed by atoms with Crippen molar-refractivity contribution in [3.63, 3.8) is 0 Å². The second-order valence-electron chi connectivity index (χ2n) is 11.9. The standard InChI is InChI=1S/C32H35N5O5/c1-41-14-13-36-18-23(16-33-36)22-4-2-3-21(15-22)17-35-11-9-32(10-12-35)20-42-29-25-19-37(27-7-8-28(38)34-30(27)39)31(40)24(25)5-6-26(29)32/h2-6,15-16,18,27H,7-14,17,19-20H2,1H3,(H,34,38,39)/t27-/m0/s1. The Morgan fingerprint density at radius 1 is 1.12 bits per heavy atom. The molecule has 2 aromatic carbocycles. The highest BCUT2D eigenvalue weighted by atomic mass is 16.5. The van der Waals surface area contributed by atoms with Gasteiger partial charge in [0.05, 0.1) is 32.5 Å². The topological polar surface area (TPSA) is 106 Å². The molecule has 218 valence electrons. The maximum atomic E-state index is 13.3. The van der Waals surface area contributed by atoms with Gasteiger partial charge in [-0.15, -0.1) is 0 Å². The quantitative estimate of drug-likeness (QED) is 0.436. The van der Waals surface area contributed by atoms with Crippen LogP contribution in [0.3, 0.4) is 0 Å². The van der Waals surface area contributed by atoms with E-state index in [1.807, 2.05) is 16.9 Å². The minimum atomic E-state index is -0.623. The first kappa shape index (κ1) is 26.9. The summed E-state index contributed by atoms with van der Waals surface area (Å²) in [4.78, 5) is 41.5. The molecular weight excluding hydrogens is 534 g/mol. The molecule has 4 aliphatic rings. The van der Waals surface area contributed by atoms with Crippen LogP contribution in [-0.4, -0.2) is 76.8 Å². The van der Waals surface area contributed by atoms with Crippen LogP contribution in [0.15, 0.2) is 48.8 Å².